The number of rotatable bonds is 4. The van der Waals surface area contributed by atoms with Crippen molar-refractivity contribution in [2.75, 3.05) is 24.5 Å². The van der Waals surface area contributed by atoms with Crippen molar-refractivity contribution in [1.82, 2.24) is 5.32 Å². The number of nitrogens with zero attached hydrogens (tertiary/aromatic N) is 1. The zero-order chi connectivity index (χ0) is 17.1. The molecule has 4 nitrogen and oxygen atoms in total. The van der Waals surface area contributed by atoms with E-state index in [1.807, 2.05) is 25.1 Å². The number of carboxylic acid groups (broad SMARTS) is 1. The van der Waals surface area contributed by atoms with Crippen LogP contribution in [0.25, 0.3) is 11.1 Å². The lowest BCUT2D eigenvalue weighted by molar-refractivity contribution is 0.200. The van der Waals surface area contributed by atoms with E-state index in [4.69, 9.17) is 0 Å². The van der Waals surface area contributed by atoms with Crippen molar-refractivity contribution in [3.63, 3.8) is 0 Å². The number of hydrogen-bond acceptors (Lipinski definition) is 2. The Morgan fingerprint density at radius 2 is 2.17 bits per heavy atom. The van der Waals surface area contributed by atoms with Crippen molar-refractivity contribution in [3.8, 4) is 11.1 Å². The highest BCUT2D eigenvalue weighted by Crippen LogP contribution is 2.33. The van der Waals surface area contributed by atoms with Crippen molar-refractivity contribution in [2.45, 2.75) is 13.3 Å². The van der Waals surface area contributed by atoms with Gasteiger partial charge in [-0.05, 0) is 62.2 Å². The van der Waals surface area contributed by atoms with Crippen molar-refractivity contribution >= 4 is 11.8 Å². The van der Waals surface area contributed by atoms with Gasteiger partial charge in [0.15, 0.2) is 0 Å². The van der Waals surface area contributed by atoms with Crippen LogP contribution in [-0.4, -0.2) is 30.8 Å². The van der Waals surface area contributed by atoms with Crippen LogP contribution in [-0.2, 0) is 0 Å². The van der Waals surface area contributed by atoms with Gasteiger partial charge in [-0.2, -0.15) is 0 Å². The molecular weight excluding hydrogens is 307 g/mol. The van der Waals surface area contributed by atoms with Crippen LogP contribution < -0.4 is 10.2 Å². The fraction of sp³-hybridized carbons (Fsp3) is 0.316. The molecule has 0 spiro atoms. The number of benzene rings is 2. The predicted octanol–water partition coefficient (Wildman–Crippen LogP) is 3.90. The van der Waals surface area contributed by atoms with Crippen molar-refractivity contribution < 1.29 is 14.3 Å². The largest absolute Gasteiger partial charge is 0.465 e. The number of amides is 1. The smallest absolute Gasteiger partial charge is 0.411 e. The van der Waals surface area contributed by atoms with Gasteiger partial charge in [0, 0.05) is 12.1 Å². The average Bonchev–Trinajstić information content (AvgIpc) is 3.06. The molecule has 0 saturated carbocycles. The topological polar surface area (TPSA) is 52.6 Å². The first-order chi connectivity index (χ1) is 11.5. The Morgan fingerprint density at radius 1 is 1.33 bits per heavy atom. The van der Waals surface area contributed by atoms with E-state index in [9.17, 15) is 14.3 Å². The summed E-state index contributed by atoms with van der Waals surface area (Å²) in [5.41, 5.74) is 3.03. The Morgan fingerprint density at radius 3 is 2.83 bits per heavy atom. The maximum absolute atomic E-state index is 13.6. The van der Waals surface area contributed by atoms with Gasteiger partial charge in [0.2, 0.25) is 0 Å². The highest BCUT2D eigenvalue weighted by molar-refractivity contribution is 5.93. The summed E-state index contributed by atoms with van der Waals surface area (Å²) >= 11 is 0. The van der Waals surface area contributed by atoms with Gasteiger partial charge >= 0.3 is 6.09 Å². The van der Waals surface area contributed by atoms with Gasteiger partial charge in [0.1, 0.15) is 5.82 Å². The van der Waals surface area contributed by atoms with E-state index in [0.717, 1.165) is 30.6 Å². The first-order valence-electron chi connectivity index (χ1n) is 8.12. The summed E-state index contributed by atoms with van der Waals surface area (Å²) in [4.78, 5) is 13.2. The molecule has 0 aromatic heterocycles. The van der Waals surface area contributed by atoms with Gasteiger partial charge in [-0.1, -0.05) is 23.8 Å². The molecule has 126 valence electrons. The summed E-state index contributed by atoms with van der Waals surface area (Å²) < 4.78 is 13.6. The molecule has 3 rings (SSSR count). The molecule has 1 fully saturated rings. The highest BCUT2D eigenvalue weighted by Gasteiger charge is 2.24. The molecule has 2 aromatic carbocycles. The van der Waals surface area contributed by atoms with E-state index in [2.05, 4.69) is 5.32 Å². The minimum Gasteiger partial charge on any atom is -0.465 e. The Labute approximate surface area is 140 Å². The maximum Gasteiger partial charge on any atom is 0.411 e. The zero-order valence-electron chi connectivity index (χ0n) is 13.6. The monoisotopic (exact) mass is 328 g/mol. The Bertz CT molecular complexity index is 742. The van der Waals surface area contributed by atoms with Crippen LogP contribution in [0.5, 0.6) is 0 Å². The quantitative estimate of drug-likeness (QED) is 0.895. The lowest BCUT2D eigenvalue weighted by Gasteiger charge is -2.25. The average molecular weight is 328 g/mol. The predicted molar refractivity (Wildman–Crippen MR) is 92.9 cm³/mol. The van der Waals surface area contributed by atoms with Crippen LogP contribution in [0.3, 0.4) is 0 Å². The molecule has 0 aliphatic carbocycles. The van der Waals surface area contributed by atoms with Crippen molar-refractivity contribution in [2.24, 2.45) is 5.92 Å². The number of hydrogen-bond donors (Lipinski definition) is 2. The standard InChI is InChI=1S/C19H21FN2O2/c1-13-5-6-18(17(9-13)15-3-2-4-16(20)10-15)22(19(23)24)12-14-7-8-21-11-14/h2-6,9-10,14,21H,7-8,11-12H2,1H3,(H,23,24)/t14-/m1/s1. The van der Waals surface area contributed by atoms with Crippen LogP contribution in [0.15, 0.2) is 42.5 Å². The number of aryl methyl sites for hydroxylation is 1. The summed E-state index contributed by atoms with van der Waals surface area (Å²) in [6, 6.07) is 11.9. The van der Waals surface area contributed by atoms with Gasteiger partial charge in [-0.15, -0.1) is 0 Å². The third-order valence-corrected chi connectivity index (χ3v) is 4.41. The van der Waals surface area contributed by atoms with Crippen LogP contribution in [0.2, 0.25) is 0 Å². The van der Waals surface area contributed by atoms with Gasteiger partial charge in [-0.25, -0.2) is 9.18 Å². The van der Waals surface area contributed by atoms with Crippen LogP contribution in [0, 0.1) is 18.7 Å². The molecule has 24 heavy (non-hydrogen) atoms. The minimum atomic E-state index is -0.983. The molecule has 2 aromatic rings. The summed E-state index contributed by atoms with van der Waals surface area (Å²) in [7, 11) is 0. The summed E-state index contributed by atoms with van der Waals surface area (Å²) in [6.45, 7) is 4.13. The Balaban J connectivity index is 2.02. The minimum absolute atomic E-state index is 0.294. The molecule has 1 aliphatic rings. The highest BCUT2D eigenvalue weighted by atomic mass is 19.1. The molecule has 1 heterocycles. The lowest BCUT2D eigenvalue weighted by Crippen LogP contribution is -2.35. The first kappa shape index (κ1) is 16.5. The summed E-state index contributed by atoms with van der Waals surface area (Å²) in [5.74, 6) is -0.0374. The summed E-state index contributed by atoms with van der Waals surface area (Å²) in [5, 5.41) is 13.0. The molecule has 1 atom stereocenters. The molecule has 0 radical (unpaired) electrons. The van der Waals surface area contributed by atoms with E-state index in [1.165, 1.54) is 17.0 Å². The SMILES string of the molecule is Cc1ccc(N(C[C@@H]2CCNC2)C(=O)O)c(-c2cccc(F)c2)c1. The van der Waals surface area contributed by atoms with E-state index in [0.29, 0.717) is 23.7 Å². The zero-order valence-corrected chi connectivity index (χ0v) is 13.6. The molecule has 5 heteroatoms. The van der Waals surface area contributed by atoms with E-state index in [-0.39, 0.29) is 5.82 Å². The molecule has 0 bridgehead atoms. The molecule has 1 aliphatic heterocycles. The number of carbonyl (C=O) groups is 1. The summed E-state index contributed by atoms with van der Waals surface area (Å²) in [6.07, 6.45) is -0.0197. The van der Waals surface area contributed by atoms with Gasteiger partial charge in [0.25, 0.3) is 0 Å². The van der Waals surface area contributed by atoms with Crippen LogP contribution in [0.4, 0.5) is 14.9 Å². The van der Waals surface area contributed by atoms with E-state index >= 15 is 0 Å². The normalized spacial score (nSPS) is 17.0. The fourth-order valence-electron chi connectivity index (χ4n) is 3.18. The maximum atomic E-state index is 13.6. The number of nitrogens with one attached hydrogen (secondary N) is 1. The van der Waals surface area contributed by atoms with Crippen LogP contribution >= 0.6 is 0 Å². The van der Waals surface area contributed by atoms with Crippen molar-refractivity contribution in [1.29, 1.82) is 0 Å². The molecular formula is C19H21FN2O2. The molecule has 0 unspecified atom stereocenters. The lowest BCUT2D eigenvalue weighted by atomic mass is 9.99. The Kier molecular flexibility index (Phi) is 4.81. The Hall–Kier alpha value is -2.40. The van der Waals surface area contributed by atoms with Crippen molar-refractivity contribution in [3.05, 3.63) is 53.8 Å². The third kappa shape index (κ3) is 3.57. The van der Waals surface area contributed by atoms with E-state index < -0.39 is 6.09 Å². The second-order valence-corrected chi connectivity index (χ2v) is 6.28. The second kappa shape index (κ2) is 7.01. The van der Waals surface area contributed by atoms with Gasteiger partial charge in [0.05, 0.1) is 5.69 Å². The van der Waals surface area contributed by atoms with E-state index in [1.54, 1.807) is 12.1 Å². The fourth-order valence-corrected chi connectivity index (χ4v) is 3.18. The third-order valence-electron chi connectivity index (χ3n) is 4.41. The first-order valence-corrected chi connectivity index (χ1v) is 8.12. The molecule has 1 saturated heterocycles. The molecule has 2 N–H and O–H groups in total. The van der Waals surface area contributed by atoms with Crippen LogP contribution in [0.1, 0.15) is 12.0 Å². The number of anilines is 1. The second-order valence-electron chi connectivity index (χ2n) is 6.28. The number of halogens is 1. The molecule has 1 amide bonds. The van der Waals surface area contributed by atoms with Gasteiger partial charge < -0.3 is 10.4 Å². The van der Waals surface area contributed by atoms with Gasteiger partial charge in [-0.3, -0.25) is 4.90 Å².